The van der Waals surface area contributed by atoms with Crippen LogP contribution in [0.1, 0.15) is 46.9 Å². The van der Waals surface area contributed by atoms with Gasteiger partial charge >= 0.3 is 5.76 Å². The van der Waals surface area contributed by atoms with Crippen molar-refractivity contribution in [1.29, 1.82) is 0 Å². The van der Waals surface area contributed by atoms with Crippen LogP contribution in [0.4, 0.5) is 0 Å². The van der Waals surface area contributed by atoms with Crippen LogP contribution in [0.25, 0.3) is 0 Å². The van der Waals surface area contributed by atoms with E-state index in [2.05, 4.69) is 15.5 Å². The number of ketones is 1. The lowest BCUT2D eigenvalue weighted by Crippen LogP contribution is -2.42. The highest BCUT2D eigenvalue weighted by Crippen LogP contribution is 2.20. The lowest BCUT2D eigenvalue weighted by atomic mass is 9.99. The Hall–Kier alpha value is -3.68. The van der Waals surface area contributed by atoms with E-state index in [0.717, 1.165) is 5.56 Å². The molecule has 1 atom stereocenters. The summed E-state index contributed by atoms with van der Waals surface area (Å²) in [6.07, 6.45) is 0.355. The van der Waals surface area contributed by atoms with Crippen molar-refractivity contribution < 1.29 is 18.7 Å². The highest BCUT2D eigenvalue weighted by molar-refractivity contribution is 6.03. The largest absolute Gasteiger partial charge is 0.488 e. The Morgan fingerprint density at radius 1 is 1.10 bits per heavy atom. The minimum Gasteiger partial charge on any atom is -0.488 e. The fourth-order valence-electron chi connectivity index (χ4n) is 2.94. The van der Waals surface area contributed by atoms with Gasteiger partial charge in [0.2, 0.25) is 5.78 Å². The van der Waals surface area contributed by atoms with Gasteiger partial charge in [0.15, 0.2) is 0 Å². The summed E-state index contributed by atoms with van der Waals surface area (Å²) in [6, 6.07) is 15.5. The van der Waals surface area contributed by atoms with Crippen LogP contribution in [-0.4, -0.2) is 27.9 Å². The second kappa shape index (κ2) is 9.69. The number of nitrogens with zero attached hydrogens (tertiary/aromatic N) is 1. The molecule has 8 heteroatoms. The smallest absolute Gasteiger partial charge is 0.434 e. The summed E-state index contributed by atoms with van der Waals surface area (Å²) in [7, 11) is 0. The maximum absolute atomic E-state index is 12.9. The molecular weight excluding hydrogens is 386 g/mol. The van der Waals surface area contributed by atoms with E-state index in [4.69, 9.17) is 9.15 Å². The summed E-state index contributed by atoms with van der Waals surface area (Å²) in [6.45, 7) is 4.14. The van der Waals surface area contributed by atoms with Gasteiger partial charge in [-0.15, -0.1) is 5.10 Å². The van der Waals surface area contributed by atoms with E-state index >= 15 is 0 Å². The van der Waals surface area contributed by atoms with Crippen molar-refractivity contribution in [2.75, 3.05) is 0 Å². The lowest BCUT2D eigenvalue weighted by Gasteiger charge is -2.19. The average molecular weight is 409 g/mol. The Morgan fingerprint density at radius 2 is 1.80 bits per heavy atom. The zero-order valence-corrected chi connectivity index (χ0v) is 16.8. The van der Waals surface area contributed by atoms with Crippen molar-refractivity contribution in [2.45, 2.75) is 32.9 Å². The van der Waals surface area contributed by atoms with Crippen LogP contribution in [0.5, 0.6) is 5.75 Å². The van der Waals surface area contributed by atoms with Crippen LogP contribution >= 0.6 is 0 Å². The summed E-state index contributed by atoms with van der Waals surface area (Å²) >= 11 is 0. The zero-order chi connectivity index (χ0) is 21.5. The van der Waals surface area contributed by atoms with Gasteiger partial charge in [0.1, 0.15) is 12.4 Å². The van der Waals surface area contributed by atoms with E-state index in [1.807, 2.05) is 44.2 Å². The van der Waals surface area contributed by atoms with Crippen LogP contribution in [-0.2, 0) is 6.61 Å². The van der Waals surface area contributed by atoms with Crippen LogP contribution in [0.3, 0.4) is 0 Å². The van der Waals surface area contributed by atoms with Crippen molar-refractivity contribution in [3.63, 3.8) is 0 Å². The van der Waals surface area contributed by atoms with E-state index < -0.39 is 23.5 Å². The molecule has 0 spiro atoms. The Kier molecular flexibility index (Phi) is 6.79. The van der Waals surface area contributed by atoms with Crippen LogP contribution in [0.2, 0.25) is 0 Å². The number of para-hydroxylation sites is 1. The number of aromatic amines is 1. The maximum Gasteiger partial charge on any atom is 0.434 e. The Labute approximate surface area is 173 Å². The summed E-state index contributed by atoms with van der Waals surface area (Å²) in [5, 5.41) is 8.36. The van der Waals surface area contributed by atoms with E-state index in [0.29, 0.717) is 24.3 Å². The molecule has 30 heavy (non-hydrogen) atoms. The standard InChI is InChI=1S/C22H23N3O5/c1-14(2)12-17(19(26)21-24-25-22(28)30-21)23-20(27)16-10-6-7-11-18(16)29-13-15-8-4-3-5-9-15/h3-11,14,17H,12-13H2,1-2H3,(H,23,27)(H,25,28). The van der Waals surface area contributed by atoms with Gasteiger partial charge in [0.05, 0.1) is 11.6 Å². The van der Waals surface area contributed by atoms with Gasteiger partial charge in [-0.1, -0.05) is 56.3 Å². The monoisotopic (exact) mass is 409 g/mol. The highest BCUT2D eigenvalue weighted by Gasteiger charge is 2.28. The minimum absolute atomic E-state index is 0.106. The quantitative estimate of drug-likeness (QED) is 0.525. The second-order valence-electron chi connectivity index (χ2n) is 7.21. The van der Waals surface area contributed by atoms with Gasteiger partial charge in [-0.3, -0.25) is 9.59 Å². The van der Waals surface area contributed by atoms with Crippen molar-refractivity contribution in [1.82, 2.24) is 15.5 Å². The maximum atomic E-state index is 12.9. The first-order valence-electron chi connectivity index (χ1n) is 9.60. The van der Waals surface area contributed by atoms with E-state index in [1.165, 1.54) is 0 Å². The Bertz CT molecular complexity index is 1060. The van der Waals surface area contributed by atoms with E-state index in [9.17, 15) is 14.4 Å². The van der Waals surface area contributed by atoms with Gasteiger partial charge in [-0.2, -0.15) is 0 Å². The number of H-pyrrole nitrogens is 1. The predicted octanol–water partition coefficient (Wildman–Crippen LogP) is 2.97. The number of carbonyl (C=O) groups excluding carboxylic acids is 2. The molecule has 0 fully saturated rings. The average Bonchev–Trinajstić information content (AvgIpc) is 3.18. The number of hydrogen-bond acceptors (Lipinski definition) is 6. The fraction of sp³-hybridized carbons (Fsp3) is 0.273. The van der Waals surface area contributed by atoms with Crippen molar-refractivity contribution >= 4 is 11.7 Å². The number of nitrogens with one attached hydrogen (secondary N) is 2. The van der Waals surface area contributed by atoms with Crippen molar-refractivity contribution in [3.8, 4) is 5.75 Å². The minimum atomic E-state index is -0.897. The van der Waals surface area contributed by atoms with Crippen LogP contribution in [0.15, 0.2) is 63.8 Å². The number of ether oxygens (including phenoxy) is 1. The molecule has 3 rings (SSSR count). The van der Waals surface area contributed by atoms with Crippen LogP contribution < -0.4 is 15.8 Å². The first kappa shape index (κ1) is 21.0. The molecule has 0 aliphatic heterocycles. The molecule has 0 saturated carbocycles. The number of amides is 1. The fourth-order valence-corrected chi connectivity index (χ4v) is 2.94. The van der Waals surface area contributed by atoms with E-state index in [-0.39, 0.29) is 11.8 Å². The molecule has 2 N–H and O–H groups in total. The van der Waals surface area contributed by atoms with Gasteiger partial charge < -0.3 is 14.5 Å². The van der Waals surface area contributed by atoms with Gasteiger partial charge in [-0.25, -0.2) is 9.89 Å². The zero-order valence-electron chi connectivity index (χ0n) is 16.8. The topological polar surface area (TPSA) is 114 Å². The molecule has 0 aliphatic carbocycles. The Morgan fingerprint density at radius 3 is 2.47 bits per heavy atom. The molecule has 1 heterocycles. The predicted molar refractivity (Wildman–Crippen MR) is 109 cm³/mol. The molecule has 0 aliphatic rings. The molecule has 1 unspecified atom stereocenters. The normalized spacial score (nSPS) is 11.8. The third kappa shape index (κ3) is 5.44. The number of carbonyl (C=O) groups is 2. The molecule has 0 radical (unpaired) electrons. The molecule has 0 saturated heterocycles. The third-order valence-corrected chi connectivity index (χ3v) is 4.35. The van der Waals surface area contributed by atoms with Crippen molar-refractivity contribution in [3.05, 3.63) is 82.2 Å². The molecule has 0 bridgehead atoms. The van der Waals surface area contributed by atoms with Gasteiger partial charge in [0.25, 0.3) is 11.8 Å². The molecule has 2 aromatic carbocycles. The Balaban J connectivity index is 1.77. The van der Waals surface area contributed by atoms with E-state index in [1.54, 1.807) is 24.3 Å². The molecule has 156 valence electrons. The molecule has 1 aromatic heterocycles. The lowest BCUT2D eigenvalue weighted by molar-refractivity contribution is 0.0822. The molecule has 1 amide bonds. The summed E-state index contributed by atoms with van der Waals surface area (Å²) < 4.78 is 10.6. The molecule has 8 nitrogen and oxygen atoms in total. The first-order chi connectivity index (χ1) is 14.4. The number of rotatable bonds is 9. The molecular formula is C22H23N3O5. The number of hydrogen-bond donors (Lipinski definition) is 2. The SMILES string of the molecule is CC(C)CC(NC(=O)c1ccccc1OCc1ccccc1)C(=O)c1n[nH]c(=O)o1. The number of Topliss-reactive ketones (excluding diaryl/α,β-unsaturated/α-hetero) is 1. The molecule has 3 aromatic rings. The van der Waals surface area contributed by atoms with Crippen molar-refractivity contribution in [2.24, 2.45) is 5.92 Å². The number of benzene rings is 2. The number of aromatic nitrogens is 2. The summed E-state index contributed by atoms with van der Waals surface area (Å²) in [5.41, 5.74) is 1.27. The summed E-state index contributed by atoms with van der Waals surface area (Å²) in [4.78, 5) is 36.8. The summed E-state index contributed by atoms with van der Waals surface area (Å²) in [5.74, 6) is -1.71. The van der Waals surface area contributed by atoms with Gasteiger partial charge in [0, 0.05) is 0 Å². The highest BCUT2D eigenvalue weighted by atomic mass is 16.5. The first-order valence-corrected chi connectivity index (χ1v) is 9.60. The second-order valence-corrected chi connectivity index (χ2v) is 7.21. The van der Waals surface area contributed by atoms with Gasteiger partial charge in [-0.05, 0) is 30.0 Å². The van der Waals surface area contributed by atoms with Crippen LogP contribution in [0, 0.1) is 5.92 Å². The third-order valence-electron chi connectivity index (χ3n) is 4.35.